The van der Waals surface area contributed by atoms with Crippen LogP contribution in [0.15, 0.2) is 42.6 Å². The molecule has 1 saturated heterocycles. The number of carbonyl (C=O) groups excluding carboxylic acids is 4. The lowest BCUT2D eigenvalue weighted by Crippen LogP contribution is -2.50. The molecule has 1 N–H and O–H groups in total. The molecule has 0 bridgehead atoms. The van der Waals surface area contributed by atoms with Crippen LogP contribution < -0.4 is 5.32 Å². The Morgan fingerprint density at radius 3 is 2.24 bits per heavy atom. The Bertz CT molecular complexity index is 965. The maximum atomic E-state index is 12.7. The fraction of sp³-hybridized carbons (Fsp3) is 0.286. The molecule has 1 aliphatic heterocycles. The normalized spacial score (nSPS) is 13.7. The molecule has 150 valence electrons. The number of Topliss-reactive ketones (excluding diaryl/α,β-unsaturated/α-hetero) is 1. The number of aromatic nitrogens is 1. The maximum absolute atomic E-state index is 12.7. The number of hydrogen-bond acceptors (Lipinski definition) is 5. The van der Waals surface area contributed by atoms with Gasteiger partial charge in [-0.1, -0.05) is 12.1 Å². The van der Waals surface area contributed by atoms with E-state index in [1.54, 1.807) is 34.1 Å². The van der Waals surface area contributed by atoms with Crippen LogP contribution in [0.4, 0.5) is 5.69 Å². The lowest BCUT2D eigenvalue weighted by atomic mass is 10.1. The van der Waals surface area contributed by atoms with E-state index in [1.165, 1.54) is 32.2 Å². The predicted molar refractivity (Wildman–Crippen MR) is 107 cm³/mol. The summed E-state index contributed by atoms with van der Waals surface area (Å²) in [7, 11) is 0. The zero-order valence-electron chi connectivity index (χ0n) is 16.3. The first-order valence-electron chi connectivity index (χ1n) is 9.28. The standard InChI is InChI=1S/C21H22N4O4/c1-14(26)16-4-3-5-18(12-16)23-20(28)17-6-7-22-19(13-17)21(29)25-10-8-24(9-11-25)15(2)27/h3-7,12-13H,8-11H2,1-2H3,(H,23,28). The second-order valence-corrected chi connectivity index (χ2v) is 6.82. The van der Waals surface area contributed by atoms with Crippen LogP contribution in [0.3, 0.4) is 0 Å². The smallest absolute Gasteiger partial charge is 0.272 e. The Labute approximate surface area is 168 Å². The molecule has 8 nitrogen and oxygen atoms in total. The van der Waals surface area contributed by atoms with Gasteiger partial charge in [-0.2, -0.15) is 0 Å². The van der Waals surface area contributed by atoms with Crippen molar-refractivity contribution in [1.82, 2.24) is 14.8 Å². The maximum Gasteiger partial charge on any atom is 0.272 e. The molecule has 0 spiro atoms. The van der Waals surface area contributed by atoms with Crippen molar-refractivity contribution in [2.24, 2.45) is 0 Å². The number of anilines is 1. The molecule has 2 heterocycles. The Kier molecular flexibility index (Phi) is 6.01. The van der Waals surface area contributed by atoms with E-state index in [4.69, 9.17) is 0 Å². The highest BCUT2D eigenvalue weighted by atomic mass is 16.2. The van der Waals surface area contributed by atoms with Crippen molar-refractivity contribution in [3.05, 3.63) is 59.4 Å². The van der Waals surface area contributed by atoms with E-state index < -0.39 is 5.91 Å². The Morgan fingerprint density at radius 1 is 0.897 bits per heavy atom. The number of pyridine rings is 1. The zero-order valence-corrected chi connectivity index (χ0v) is 16.3. The summed E-state index contributed by atoms with van der Waals surface area (Å²) in [6, 6.07) is 9.62. The third-order valence-corrected chi connectivity index (χ3v) is 4.78. The van der Waals surface area contributed by atoms with Gasteiger partial charge in [-0.3, -0.25) is 24.2 Å². The summed E-state index contributed by atoms with van der Waals surface area (Å²) in [5.41, 5.74) is 1.45. The van der Waals surface area contributed by atoms with Crippen LogP contribution in [0.25, 0.3) is 0 Å². The molecule has 1 fully saturated rings. The van der Waals surface area contributed by atoms with Crippen LogP contribution in [0.1, 0.15) is 45.1 Å². The highest BCUT2D eigenvalue weighted by molar-refractivity contribution is 6.06. The van der Waals surface area contributed by atoms with E-state index in [0.29, 0.717) is 43.0 Å². The summed E-state index contributed by atoms with van der Waals surface area (Å²) < 4.78 is 0. The first kappa shape index (κ1) is 20.2. The number of nitrogens with one attached hydrogen (secondary N) is 1. The van der Waals surface area contributed by atoms with Gasteiger partial charge in [0, 0.05) is 56.1 Å². The Balaban J connectivity index is 1.70. The Hall–Kier alpha value is -3.55. The molecule has 0 atom stereocenters. The monoisotopic (exact) mass is 394 g/mol. The van der Waals surface area contributed by atoms with Gasteiger partial charge in [0.25, 0.3) is 11.8 Å². The molecule has 0 unspecified atom stereocenters. The van der Waals surface area contributed by atoms with Crippen LogP contribution in [0.5, 0.6) is 0 Å². The van der Waals surface area contributed by atoms with E-state index in [1.807, 2.05) is 0 Å². The van der Waals surface area contributed by atoms with Crippen LogP contribution in [-0.4, -0.2) is 64.5 Å². The fourth-order valence-electron chi connectivity index (χ4n) is 3.09. The van der Waals surface area contributed by atoms with Gasteiger partial charge < -0.3 is 15.1 Å². The summed E-state index contributed by atoms with van der Waals surface area (Å²) in [6.45, 7) is 4.77. The summed E-state index contributed by atoms with van der Waals surface area (Å²) in [5, 5.41) is 2.73. The van der Waals surface area contributed by atoms with Crippen molar-refractivity contribution in [2.75, 3.05) is 31.5 Å². The van der Waals surface area contributed by atoms with Gasteiger partial charge in [-0.05, 0) is 31.2 Å². The average molecular weight is 394 g/mol. The molecule has 0 aliphatic carbocycles. The third-order valence-electron chi connectivity index (χ3n) is 4.78. The van der Waals surface area contributed by atoms with Crippen molar-refractivity contribution in [2.45, 2.75) is 13.8 Å². The van der Waals surface area contributed by atoms with Gasteiger partial charge in [-0.15, -0.1) is 0 Å². The number of carbonyl (C=O) groups is 4. The van der Waals surface area contributed by atoms with Crippen molar-refractivity contribution in [1.29, 1.82) is 0 Å². The zero-order chi connectivity index (χ0) is 21.0. The van der Waals surface area contributed by atoms with Crippen molar-refractivity contribution in [3.63, 3.8) is 0 Å². The summed E-state index contributed by atoms with van der Waals surface area (Å²) in [5.74, 6) is -0.782. The quantitative estimate of drug-likeness (QED) is 0.798. The van der Waals surface area contributed by atoms with E-state index in [0.717, 1.165) is 0 Å². The second-order valence-electron chi connectivity index (χ2n) is 6.82. The van der Waals surface area contributed by atoms with Crippen molar-refractivity contribution in [3.8, 4) is 0 Å². The fourth-order valence-corrected chi connectivity index (χ4v) is 3.09. The second kappa shape index (κ2) is 8.64. The number of nitrogens with zero attached hydrogens (tertiary/aromatic N) is 3. The van der Waals surface area contributed by atoms with Crippen LogP contribution in [-0.2, 0) is 4.79 Å². The van der Waals surface area contributed by atoms with E-state index in [-0.39, 0.29) is 23.3 Å². The molecule has 1 aliphatic rings. The number of piperazine rings is 1. The number of ketones is 1. The lowest BCUT2D eigenvalue weighted by molar-refractivity contribution is -0.130. The number of benzene rings is 1. The third kappa shape index (κ3) is 4.84. The highest BCUT2D eigenvalue weighted by Gasteiger charge is 2.24. The summed E-state index contributed by atoms with van der Waals surface area (Å²) in [4.78, 5) is 55.6. The molecular weight excluding hydrogens is 372 g/mol. The van der Waals surface area contributed by atoms with Crippen LogP contribution in [0.2, 0.25) is 0 Å². The van der Waals surface area contributed by atoms with Crippen LogP contribution in [0, 0.1) is 0 Å². The summed E-state index contributed by atoms with van der Waals surface area (Å²) in [6.07, 6.45) is 1.42. The SMILES string of the molecule is CC(=O)c1cccc(NC(=O)c2ccnc(C(=O)N3CCN(C(C)=O)CC3)c2)c1. The number of rotatable bonds is 4. The van der Waals surface area contributed by atoms with Crippen molar-refractivity contribution >= 4 is 29.2 Å². The van der Waals surface area contributed by atoms with Gasteiger partial charge in [0.05, 0.1) is 0 Å². The number of amides is 3. The van der Waals surface area contributed by atoms with E-state index in [2.05, 4.69) is 10.3 Å². The minimum Gasteiger partial charge on any atom is -0.339 e. The van der Waals surface area contributed by atoms with Gasteiger partial charge in [0.15, 0.2) is 5.78 Å². The minimum atomic E-state index is -0.399. The summed E-state index contributed by atoms with van der Waals surface area (Å²) >= 11 is 0. The number of hydrogen-bond donors (Lipinski definition) is 1. The van der Waals surface area contributed by atoms with Gasteiger partial charge in [-0.25, -0.2) is 0 Å². The molecule has 1 aromatic heterocycles. The first-order valence-corrected chi connectivity index (χ1v) is 9.28. The van der Waals surface area contributed by atoms with E-state index in [9.17, 15) is 19.2 Å². The van der Waals surface area contributed by atoms with Gasteiger partial charge in [0.2, 0.25) is 5.91 Å². The van der Waals surface area contributed by atoms with E-state index >= 15 is 0 Å². The molecular formula is C21H22N4O4. The highest BCUT2D eigenvalue weighted by Crippen LogP contribution is 2.14. The minimum absolute atomic E-state index is 0.0114. The molecule has 3 amide bonds. The molecule has 0 saturated carbocycles. The Morgan fingerprint density at radius 2 is 1.59 bits per heavy atom. The van der Waals surface area contributed by atoms with Crippen LogP contribution >= 0.6 is 0 Å². The average Bonchev–Trinajstić information content (AvgIpc) is 2.73. The predicted octanol–water partition coefficient (Wildman–Crippen LogP) is 1.84. The molecule has 29 heavy (non-hydrogen) atoms. The topological polar surface area (TPSA) is 99.7 Å². The van der Waals surface area contributed by atoms with Gasteiger partial charge >= 0.3 is 0 Å². The molecule has 3 rings (SSSR count). The molecule has 1 aromatic carbocycles. The van der Waals surface area contributed by atoms with Crippen molar-refractivity contribution < 1.29 is 19.2 Å². The van der Waals surface area contributed by atoms with Gasteiger partial charge in [0.1, 0.15) is 5.69 Å². The lowest BCUT2D eigenvalue weighted by Gasteiger charge is -2.34. The largest absolute Gasteiger partial charge is 0.339 e. The molecule has 0 radical (unpaired) electrons. The molecule has 2 aromatic rings. The first-order chi connectivity index (χ1) is 13.8. The molecule has 8 heteroatoms.